The molecule has 0 spiro atoms. The molecule has 0 unspecified atom stereocenters. The molecule has 2 amide bonds. The third kappa shape index (κ3) is 6.83. The molecule has 0 aliphatic heterocycles. The van der Waals surface area contributed by atoms with Crippen molar-refractivity contribution in [2.45, 2.75) is 45.4 Å². The van der Waals surface area contributed by atoms with Crippen LogP contribution in [-0.4, -0.2) is 39.6 Å². The fourth-order valence-corrected chi connectivity index (χ4v) is 2.85. The molecule has 0 bridgehead atoms. The van der Waals surface area contributed by atoms with Crippen molar-refractivity contribution in [3.63, 3.8) is 0 Å². The number of nitrogens with zero attached hydrogens (tertiary/aromatic N) is 1. The summed E-state index contributed by atoms with van der Waals surface area (Å²) in [6.45, 7) is 5.11. The molecule has 3 aromatic rings. The number of amides is 2. The molecule has 0 aliphatic rings. The first-order valence-electron chi connectivity index (χ1n) is 10.1. The van der Waals surface area contributed by atoms with E-state index in [2.05, 4.69) is 20.6 Å². The fraction of sp³-hybridized carbons (Fsp3) is 0.304. The molecule has 0 aliphatic carbocycles. The van der Waals surface area contributed by atoms with Crippen molar-refractivity contribution >= 4 is 35.0 Å². The zero-order chi connectivity index (χ0) is 23.1. The fourth-order valence-electron chi connectivity index (χ4n) is 2.85. The number of para-hydroxylation sites is 2. The van der Waals surface area contributed by atoms with E-state index >= 15 is 0 Å². The number of esters is 1. The van der Waals surface area contributed by atoms with Crippen molar-refractivity contribution in [3.05, 3.63) is 60.2 Å². The summed E-state index contributed by atoms with van der Waals surface area (Å²) in [6.07, 6.45) is -1.18. The lowest BCUT2D eigenvalue weighted by molar-refractivity contribution is -0.148. The molecule has 0 saturated heterocycles. The molecular formula is C23H26N4O5. The Kier molecular flexibility index (Phi) is 7.09. The Balaban J connectivity index is 1.66. The van der Waals surface area contributed by atoms with Crippen LogP contribution in [-0.2, 0) is 25.7 Å². The number of ether oxygens (including phenoxy) is 2. The molecule has 0 fully saturated rings. The summed E-state index contributed by atoms with van der Waals surface area (Å²) in [5, 5.41) is 5.03. The van der Waals surface area contributed by atoms with E-state index in [0.29, 0.717) is 5.52 Å². The van der Waals surface area contributed by atoms with Crippen molar-refractivity contribution in [1.82, 2.24) is 15.3 Å². The van der Waals surface area contributed by atoms with E-state index in [9.17, 15) is 14.4 Å². The number of benzene rings is 2. The highest BCUT2D eigenvalue weighted by molar-refractivity contribution is 5.95. The first-order valence-corrected chi connectivity index (χ1v) is 10.1. The van der Waals surface area contributed by atoms with Crippen LogP contribution in [0.5, 0.6) is 0 Å². The summed E-state index contributed by atoms with van der Waals surface area (Å²) in [5.41, 5.74) is 1.46. The molecule has 168 valence electrons. The number of aromatic amines is 1. The van der Waals surface area contributed by atoms with Crippen LogP contribution in [0.25, 0.3) is 11.0 Å². The van der Waals surface area contributed by atoms with E-state index in [0.717, 1.165) is 11.1 Å². The van der Waals surface area contributed by atoms with Gasteiger partial charge in [-0.15, -0.1) is 0 Å². The summed E-state index contributed by atoms with van der Waals surface area (Å²) in [4.78, 5) is 44.7. The van der Waals surface area contributed by atoms with Crippen molar-refractivity contribution < 1.29 is 23.9 Å². The SMILES string of the molecule is CC(C)(C)OC(=O)N[C@@H](CC(=O)Nc1nc2ccccc2[nH]1)C(=O)OCc1ccccc1. The zero-order valence-electron chi connectivity index (χ0n) is 18.2. The predicted molar refractivity (Wildman–Crippen MR) is 119 cm³/mol. The number of anilines is 1. The molecule has 1 atom stereocenters. The molecular weight excluding hydrogens is 412 g/mol. The average molecular weight is 438 g/mol. The van der Waals surface area contributed by atoms with Gasteiger partial charge >= 0.3 is 12.1 Å². The smallest absolute Gasteiger partial charge is 0.408 e. The molecule has 3 rings (SSSR count). The van der Waals surface area contributed by atoms with Gasteiger partial charge in [0.1, 0.15) is 18.2 Å². The number of imidazole rings is 1. The van der Waals surface area contributed by atoms with E-state index in [-0.39, 0.29) is 19.0 Å². The van der Waals surface area contributed by atoms with E-state index in [1.165, 1.54) is 0 Å². The minimum absolute atomic E-state index is 0.0113. The summed E-state index contributed by atoms with van der Waals surface area (Å²) in [7, 11) is 0. The number of alkyl carbamates (subject to hydrolysis) is 1. The van der Waals surface area contributed by atoms with E-state index in [1.807, 2.05) is 36.4 Å². The van der Waals surface area contributed by atoms with Crippen LogP contribution in [0.2, 0.25) is 0 Å². The number of H-pyrrole nitrogens is 1. The van der Waals surface area contributed by atoms with Gasteiger partial charge in [0.25, 0.3) is 0 Å². The molecule has 9 heteroatoms. The number of fused-ring (bicyclic) bond motifs is 1. The molecule has 9 nitrogen and oxygen atoms in total. The summed E-state index contributed by atoms with van der Waals surface area (Å²) in [5.74, 6) is -1.04. The van der Waals surface area contributed by atoms with Gasteiger partial charge in [-0.05, 0) is 38.5 Å². The molecule has 32 heavy (non-hydrogen) atoms. The first-order chi connectivity index (χ1) is 15.2. The highest BCUT2D eigenvalue weighted by Crippen LogP contribution is 2.14. The molecule has 1 aromatic heterocycles. The lowest BCUT2D eigenvalue weighted by Gasteiger charge is -2.22. The number of nitrogens with one attached hydrogen (secondary N) is 3. The Morgan fingerprint density at radius 2 is 1.72 bits per heavy atom. The summed E-state index contributed by atoms with van der Waals surface area (Å²) in [6, 6.07) is 15.2. The molecule has 2 aromatic carbocycles. The Labute approximate surface area is 185 Å². The Bertz CT molecular complexity index is 1060. The van der Waals surface area contributed by atoms with Gasteiger partial charge in [0.2, 0.25) is 11.9 Å². The molecule has 3 N–H and O–H groups in total. The maximum atomic E-state index is 12.7. The van der Waals surface area contributed by atoms with Crippen LogP contribution in [0, 0.1) is 0 Å². The Morgan fingerprint density at radius 1 is 1.03 bits per heavy atom. The summed E-state index contributed by atoms with van der Waals surface area (Å²) >= 11 is 0. The van der Waals surface area contributed by atoms with Gasteiger partial charge in [-0.25, -0.2) is 14.6 Å². The normalized spacial score (nSPS) is 12.1. The average Bonchev–Trinajstić information content (AvgIpc) is 3.13. The minimum atomic E-state index is -1.24. The predicted octanol–water partition coefficient (Wildman–Crippen LogP) is 3.53. The van der Waals surface area contributed by atoms with Crippen LogP contribution < -0.4 is 10.6 Å². The van der Waals surface area contributed by atoms with Gasteiger partial charge in [0, 0.05) is 0 Å². The van der Waals surface area contributed by atoms with Crippen molar-refractivity contribution in [2.24, 2.45) is 0 Å². The molecule has 1 heterocycles. The Morgan fingerprint density at radius 3 is 2.41 bits per heavy atom. The Hall–Kier alpha value is -3.88. The minimum Gasteiger partial charge on any atom is -0.459 e. The number of carbonyl (C=O) groups is 3. The maximum Gasteiger partial charge on any atom is 0.408 e. The molecule has 0 saturated carbocycles. The number of hydrogen-bond donors (Lipinski definition) is 3. The third-order valence-corrected chi connectivity index (χ3v) is 4.24. The van der Waals surface area contributed by atoms with Crippen LogP contribution in [0.3, 0.4) is 0 Å². The largest absolute Gasteiger partial charge is 0.459 e. The van der Waals surface area contributed by atoms with Crippen LogP contribution in [0.4, 0.5) is 10.7 Å². The van der Waals surface area contributed by atoms with Gasteiger partial charge in [0.05, 0.1) is 17.5 Å². The third-order valence-electron chi connectivity index (χ3n) is 4.24. The lowest BCUT2D eigenvalue weighted by atomic mass is 10.2. The zero-order valence-corrected chi connectivity index (χ0v) is 18.2. The van der Waals surface area contributed by atoms with E-state index in [1.54, 1.807) is 39.0 Å². The molecule has 0 radical (unpaired) electrons. The second kappa shape index (κ2) is 9.95. The summed E-state index contributed by atoms with van der Waals surface area (Å²) < 4.78 is 10.5. The number of carbonyl (C=O) groups excluding carboxylic acids is 3. The topological polar surface area (TPSA) is 122 Å². The van der Waals surface area contributed by atoms with E-state index in [4.69, 9.17) is 9.47 Å². The van der Waals surface area contributed by atoms with E-state index < -0.39 is 29.6 Å². The second-order valence-corrected chi connectivity index (χ2v) is 8.15. The standard InChI is InChI=1S/C23H26N4O5/c1-23(2,3)32-22(30)26-18(20(29)31-14-15-9-5-4-6-10-15)13-19(28)27-21-24-16-11-7-8-12-17(16)25-21/h4-12,18H,13-14H2,1-3H3,(H,26,30)(H2,24,25,27,28)/t18-/m0/s1. The quantitative estimate of drug-likeness (QED) is 0.485. The van der Waals surface area contributed by atoms with Gasteiger partial charge in [-0.3, -0.25) is 10.1 Å². The van der Waals surface area contributed by atoms with Crippen LogP contribution in [0.15, 0.2) is 54.6 Å². The number of rotatable bonds is 7. The van der Waals surface area contributed by atoms with Gasteiger partial charge in [-0.1, -0.05) is 42.5 Å². The highest BCUT2D eigenvalue weighted by Gasteiger charge is 2.28. The van der Waals surface area contributed by atoms with Gasteiger partial charge in [0.15, 0.2) is 0 Å². The lowest BCUT2D eigenvalue weighted by Crippen LogP contribution is -2.46. The second-order valence-electron chi connectivity index (χ2n) is 8.15. The van der Waals surface area contributed by atoms with Crippen molar-refractivity contribution in [2.75, 3.05) is 5.32 Å². The van der Waals surface area contributed by atoms with Crippen molar-refractivity contribution in [3.8, 4) is 0 Å². The number of hydrogen-bond acceptors (Lipinski definition) is 6. The monoisotopic (exact) mass is 438 g/mol. The number of aromatic nitrogens is 2. The van der Waals surface area contributed by atoms with Gasteiger partial charge < -0.3 is 19.8 Å². The highest BCUT2D eigenvalue weighted by atomic mass is 16.6. The van der Waals surface area contributed by atoms with Crippen LogP contribution in [0.1, 0.15) is 32.8 Å². The van der Waals surface area contributed by atoms with Crippen LogP contribution >= 0.6 is 0 Å². The first kappa shape index (κ1) is 22.8. The van der Waals surface area contributed by atoms with Crippen molar-refractivity contribution in [1.29, 1.82) is 0 Å². The maximum absolute atomic E-state index is 12.7. The van der Waals surface area contributed by atoms with Gasteiger partial charge in [-0.2, -0.15) is 0 Å².